The van der Waals surface area contributed by atoms with Gasteiger partial charge in [0.25, 0.3) is 11.8 Å². The molecule has 10 heteroatoms. The number of carbonyl (C=O) groups is 3. The lowest BCUT2D eigenvalue weighted by Crippen LogP contribution is -2.53. The minimum absolute atomic E-state index is 0.0867. The number of nitrogens with one attached hydrogen (secondary N) is 1. The van der Waals surface area contributed by atoms with Gasteiger partial charge < -0.3 is 14.2 Å². The van der Waals surface area contributed by atoms with E-state index in [1.165, 1.54) is 31.4 Å². The Balaban J connectivity index is 1.50. The van der Waals surface area contributed by atoms with Gasteiger partial charge in [-0.25, -0.2) is 9.18 Å². The number of imide groups is 2. The van der Waals surface area contributed by atoms with E-state index < -0.39 is 17.8 Å². The van der Waals surface area contributed by atoms with E-state index in [1.54, 1.807) is 42.5 Å². The standard InChI is InChI=1S/C29H26ClFN2O6/c1-3-12-38-25-11-7-20(15-26(25)37-2)16-33-28(35)22(27(34)32-29(33)36)13-19-6-10-24(23(30)14-19)39-17-18-4-8-21(31)9-5-18/h4-11,13-15H,3,12,16-17H2,1-2H3,(H,32,34,36)/b22-13+. The van der Waals surface area contributed by atoms with E-state index >= 15 is 0 Å². The number of halogens is 2. The highest BCUT2D eigenvalue weighted by atomic mass is 35.5. The summed E-state index contributed by atoms with van der Waals surface area (Å²) < 4.78 is 29.8. The average molecular weight is 553 g/mol. The predicted octanol–water partition coefficient (Wildman–Crippen LogP) is 5.52. The average Bonchev–Trinajstić information content (AvgIpc) is 2.93. The molecule has 4 rings (SSSR count). The van der Waals surface area contributed by atoms with E-state index in [4.69, 9.17) is 25.8 Å². The Bertz CT molecular complexity index is 1420. The molecule has 0 aromatic heterocycles. The second-order valence-corrected chi connectivity index (χ2v) is 9.05. The summed E-state index contributed by atoms with van der Waals surface area (Å²) in [7, 11) is 1.50. The second kappa shape index (κ2) is 12.4. The molecule has 1 aliphatic rings. The number of urea groups is 1. The van der Waals surface area contributed by atoms with Crippen LogP contribution in [-0.2, 0) is 22.7 Å². The predicted molar refractivity (Wildman–Crippen MR) is 143 cm³/mol. The first-order valence-electron chi connectivity index (χ1n) is 12.1. The van der Waals surface area contributed by atoms with Gasteiger partial charge in [-0.1, -0.05) is 42.8 Å². The zero-order chi connectivity index (χ0) is 27.9. The number of carbonyl (C=O) groups excluding carboxylic acids is 3. The molecule has 1 aliphatic heterocycles. The number of rotatable bonds is 10. The van der Waals surface area contributed by atoms with Gasteiger partial charge in [0, 0.05) is 0 Å². The Hall–Kier alpha value is -4.37. The van der Waals surface area contributed by atoms with Gasteiger partial charge in [0.15, 0.2) is 11.5 Å². The summed E-state index contributed by atoms with van der Waals surface area (Å²) in [5, 5.41) is 2.46. The fourth-order valence-electron chi connectivity index (χ4n) is 3.79. The van der Waals surface area contributed by atoms with Crippen molar-refractivity contribution < 1.29 is 33.0 Å². The van der Waals surface area contributed by atoms with Crippen LogP contribution in [0.25, 0.3) is 6.08 Å². The largest absolute Gasteiger partial charge is 0.493 e. The van der Waals surface area contributed by atoms with Crippen LogP contribution >= 0.6 is 11.6 Å². The van der Waals surface area contributed by atoms with Crippen LogP contribution in [0.1, 0.15) is 30.0 Å². The molecule has 0 spiro atoms. The Kier molecular flexibility index (Phi) is 8.83. The molecule has 1 heterocycles. The number of methoxy groups -OCH3 is 1. The van der Waals surface area contributed by atoms with Crippen molar-refractivity contribution >= 4 is 35.5 Å². The van der Waals surface area contributed by atoms with E-state index in [0.717, 1.165) is 16.9 Å². The number of barbiturate groups is 1. The highest BCUT2D eigenvalue weighted by molar-refractivity contribution is 6.33. The topological polar surface area (TPSA) is 94.2 Å². The van der Waals surface area contributed by atoms with E-state index in [2.05, 4.69) is 5.32 Å². The number of nitrogens with zero attached hydrogens (tertiary/aromatic N) is 1. The number of hydrogen-bond donors (Lipinski definition) is 1. The first-order valence-corrected chi connectivity index (χ1v) is 12.5. The maximum atomic E-state index is 13.2. The zero-order valence-electron chi connectivity index (χ0n) is 21.3. The highest BCUT2D eigenvalue weighted by Crippen LogP contribution is 2.30. The van der Waals surface area contributed by atoms with Crippen LogP contribution in [0.2, 0.25) is 5.02 Å². The maximum absolute atomic E-state index is 13.2. The zero-order valence-corrected chi connectivity index (χ0v) is 22.1. The molecule has 1 fully saturated rings. The summed E-state index contributed by atoms with van der Waals surface area (Å²) in [4.78, 5) is 39.2. The van der Waals surface area contributed by atoms with Gasteiger partial charge in [0.2, 0.25) is 0 Å². The van der Waals surface area contributed by atoms with Crippen LogP contribution < -0.4 is 19.5 Å². The smallest absolute Gasteiger partial charge is 0.331 e. The van der Waals surface area contributed by atoms with Gasteiger partial charge in [0.1, 0.15) is 23.7 Å². The molecule has 0 radical (unpaired) electrons. The van der Waals surface area contributed by atoms with Crippen LogP contribution in [0.15, 0.2) is 66.2 Å². The normalized spacial score (nSPS) is 14.4. The van der Waals surface area contributed by atoms with Crippen molar-refractivity contribution in [2.45, 2.75) is 26.5 Å². The molecule has 8 nitrogen and oxygen atoms in total. The summed E-state index contributed by atoms with van der Waals surface area (Å²) in [6.45, 7) is 2.59. The van der Waals surface area contributed by atoms with Gasteiger partial charge in [-0.15, -0.1) is 0 Å². The summed E-state index contributed by atoms with van der Waals surface area (Å²) in [5.41, 5.74) is 1.61. The van der Waals surface area contributed by atoms with Crippen molar-refractivity contribution in [1.29, 1.82) is 0 Å². The van der Waals surface area contributed by atoms with Gasteiger partial charge in [-0.2, -0.15) is 0 Å². The lowest BCUT2D eigenvalue weighted by atomic mass is 10.1. The minimum Gasteiger partial charge on any atom is -0.493 e. The highest BCUT2D eigenvalue weighted by Gasteiger charge is 2.35. The quantitative estimate of drug-likeness (QED) is 0.263. The monoisotopic (exact) mass is 552 g/mol. The van der Waals surface area contributed by atoms with Crippen LogP contribution in [-0.4, -0.2) is 36.5 Å². The number of benzene rings is 3. The van der Waals surface area contributed by atoms with Gasteiger partial charge in [-0.3, -0.25) is 19.8 Å². The number of amides is 4. The Morgan fingerprint density at radius 3 is 2.33 bits per heavy atom. The molecule has 39 heavy (non-hydrogen) atoms. The third kappa shape index (κ3) is 6.74. The second-order valence-electron chi connectivity index (χ2n) is 8.65. The Morgan fingerprint density at radius 2 is 1.64 bits per heavy atom. The molecule has 202 valence electrons. The summed E-state index contributed by atoms with van der Waals surface area (Å²) in [6.07, 6.45) is 2.18. The first kappa shape index (κ1) is 27.7. The third-order valence-electron chi connectivity index (χ3n) is 5.79. The molecule has 1 saturated heterocycles. The van der Waals surface area contributed by atoms with Gasteiger partial charge in [0.05, 0.1) is 25.3 Å². The molecule has 1 N–H and O–H groups in total. The molecule has 0 atom stereocenters. The molecule has 3 aromatic rings. The van der Waals surface area contributed by atoms with E-state index in [0.29, 0.717) is 35.0 Å². The SMILES string of the molecule is CCCOc1ccc(CN2C(=O)NC(=O)/C(=C\c3ccc(OCc4ccc(F)cc4)c(Cl)c3)C2=O)cc1OC. The number of ether oxygens (including phenoxy) is 3. The fraction of sp³-hybridized carbons (Fsp3) is 0.207. The van der Waals surface area contributed by atoms with Crippen molar-refractivity contribution in [3.63, 3.8) is 0 Å². The van der Waals surface area contributed by atoms with Crippen molar-refractivity contribution in [3.05, 3.63) is 93.8 Å². The molecule has 3 aromatic carbocycles. The van der Waals surface area contributed by atoms with Crippen molar-refractivity contribution in [2.24, 2.45) is 0 Å². The molecular weight excluding hydrogens is 527 g/mol. The van der Waals surface area contributed by atoms with E-state index in [9.17, 15) is 18.8 Å². The molecule has 0 unspecified atom stereocenters. The Labute approximate surface area is 229 Å². The molecule has 0 aliphatic carbocycles. The molecule has 4 amide bonds. The van der Waals surface area contributed by atoms with Crippen LogP contribution in [0.3, 0.4) is 0 Å². The van der Waals surface area contributed by atoms with E-state index in [-0.39, 0.29) is 29.6 Å². The van der Waals surface area contributed by atoms with Crippen molar-refractivity contribution in [1.82, 2.24) is 10.2 Å². The third-order valence-corrected chi connectivity index (χ3v) is 6.09. The lowest BCUT2D eigenvalue weighted by Gasteiger charge is -2.26. The van der Waals surface area contributed by atoms with Crippen molar-refractivity contribution in [2.75, 3.05) is 13.7 Å². The minimum atomic E-state index is -0.824. The first-order chi connectivity index (χ1) is 18.8. The summed E-state index contributed by atoms with van der Waals surface area (Å²) in [6, 6.07) is 14.9. The molecule has 0 saturated carbocycles. The fourth-order valence-corrected chi connectivity index (χ4v) is 4.04. The van der Waals surface area contributed by atoms with Crippen LogP contribution in [0.4, 0.5) is 9.18 Å². The van der Waals surface area contributed by atoms with Crippen molar-refractivity contribution in [3.8, 4) is 17.2 Å². The maximum Gasteiger partial charge on any atom is 0.331 e. The van der Waals surface area contributed by atoms with E-state index in [1.807, 2.05) is 6.92 Å². The van der Waals surface area contributed by atoms with Crippen LogP contribution in [0, 0.1) is 5.82 Å². The molecular formula is C29H26ClFN2O6. The molecule has 0 bridgehead atoms. The van der Waals surface area contributed by atoms with Gasteiger partial charge in [-0.05, 0) is 65.6 Å². The number of hydrogen-bond acceptors (Lipinski definition) is 6. The summed E-state index contributed by atoms with van der Waals surface area (Å²) in [5.74, 6) is -0.508. The van der Waals surface area contributed by atoms with Gasteiger partial charge >= 0.3 is 6.03 Å². The Morgan fingerprint density at radius 1 is 0.923 bits per heavy atom. The lowest BCUT2D eigenvalue weighted by molar-refractivity contribution is -0.130. The summed E-state index contributed by atoms with van der Waals surface area (Å²) >= 11 is 6.36. The van der Waals surface area contributed by atoms with Crippen LogP contribution in [0.5, 0.6) is 17.2 Å².